The molecule has 3 rings (SSSR count). The lowest BCUT2D eigenvalue weighted by atomic mass is 9.81. The number of aromatic hydroxyl groups is 1. The van der Waals surface area contributed by atoms with E-state index in [1.807, 2.05) is 0 Å². The fourth-order valence-electron chi connectivity index (χ4n) is 2.79. The second kappa shape index (κ2) is 3.73. The van der Waals surface area contributed by atoms with Crippen molar-refractivity contribution in [3.8, 4) is 11.5 Å². The molecule has 90 valence electrons. The highest BCUT2D eigenvalue weighted by molar-refractivity contribution is 9.10. The van der Waals surface area contributed by atoms with Gasteiger partial charge in [0.2, 0.25) is 5.78 Å². The average Bonchev–Trinajstić information content (AvgIpc) is 2.60. The van der Waals surface area contributed by atoms with Gasteiger partial charge in [0, 0.05) is 0 Å². The molecule has 0 aromatic heterocycles. The van der Waals surface area contributed by atoms with Gasteiger partial charge in [0.05, 0.1) is 4.47 Å². The molecule has 1 heterocycles. The van der Waals surface area contributed by atoms with Crippen molar-refractivity contribution in [1.82, 2.24) is 0 Å². The fraction of sp³-hybridized carbons (Fsp3) is 0.462. The lowest BCUT2D eigenvalue weighted by molar-refractivity contribution is 0.0391. The van der Waals surface area contributed by atoms with E-state index in [4.69, 9.17) is 4.74 Å². The summed E-state index contributed by atoms with van der Waals surface area (Å²) in [5.41, 5.74) is -0.347. The maximum atomic E-state index is 12.4. The Labute approximate surface area is 108 Å². The molecule has 1 aliphatic heterocycles. The molecule has 4 heteroatoms. The van der Waals surface area contributed by atoms with Crippen LogP contribution in [0.3, 0.4) is 0 Å². The first-order chi connectivity index (χ1) is 8.14. The number of ketones is 1. The lowest BCUT2D eigenvalue weighted by Crippen LogP contribution is -2.41. The van der Waals surface area contributed by atoms with Crippen LogP contribution in [0, 0.1) is 0 Å². The number of ether oxygens (including phenoxy) is 1. The maximum absolute atomic E-state index is 12.4. The Bertz CT molecular complexity index is 490. The highest BCUT2D eigenvalue weighted by Crippen LogP contribution is 2.48. The molecule has 1 aliphatic carbocycles. The summed E-state index contributed by atoms with van der Waals surface area (Å²) in [5, 5.41) is 9.96. The van der Waals surface area contributed by atoms with Crippen LogP contribution in [0.2, 0.25) is 0 Å². The number of Topliss-reactive ketones (excluding diaryl/α,β-unsaturated/α-hetero) is 1. The van der Waals surface area contributed by atoms with E-state index < -0.39 is 5.60 Å². The molecule has 1 aromatic rings. The first kappa shape index (κ1) is 11.1. The molecule has 0 bridgehead atoms. The zero-order valence-electron chi connectivity index (χ0n) is 9.33. The van der Waals surface area contributed by atoms with E-state index in [0.29, 0.717) is 15.8 Å². The number of hydrogen-bond acceptors (Lipinski definition) is 3. The van der Waals surface area contributed by atoms with Crippen molar-refractivity contribution < 1.29 is 14.6 Å². The molecule has 2 aliphatic rings. The van der Waals surface area contributed by atoms with Gasteiger partial charge >= 0.3 is 0 Å². The summed E-state index contributed by atoms with van der Waals surface area (Å²) in [6.45, 7) is 0. The van der Waals surface area contributed by atoms with Crippen LogP contribution in [0.25, 0.3) is 0 Å². The number of carbonyl (C=O) groups is 1. The molecule has 1 aromatic carbocycles. The average molecular weight is 297 g/mol. The smallest absolute Gasteiger partial charge is 0.213 e. The molecule has 0 amide bonds. The van der Waals surface area contributed by atoms with Gasteiger partial charge in [-0.3, -0.25) is 4.79 Å². The van der Waals surface area contributed by atoms with Crippen LogP contribution in [0.15, 0.2) is 16.6 Å². The summed E-state index contributed by atoms with van der Waals surface area (Å²) in [6, 6.07) is 3.46. The summed E-state index contributed by atoms with van der Waals surface area (Å²) in [7, 11) is 0. The second-order valence-corrected chi connectivity index (χ2v) is 5.61. The fourth-order valence-corrected chi connectivity index (χ4v) is 3.12. The number of carbonyl (C=O) groups excluding carboxylic acids is 1. The van der Waals surface area contributed by atoms with Crippen LogP contribution in [-0.2, 0) is 0 Å². The molecule has 1 spiro atoms. The third kappa shape index (κ3) is 1.50. The summed E-state index contributed by atoms with van der Waals surface area (Å²) in [5.74, 6) is 0.485. The van der Waals surface area contributed by atoms with Crippen LogP contribution in [-0.4, -0.2) is 16.5 Å². The number of halogens is 1. The van der Waals surface area contributed by atoms with Crippen LogP contribution in [0.4, 0.5) is 0 Å². The summed E-state index contributed by atoms with van der Waals surface area (Å²) in [6.07, 6.45) is 4.71. The Kier molecular flexibility index (Phi) is 2.43. The summed E-state index contributed by atoms with van der Waals surface area (Å²) < 4.78 is 6.40. The van der Waals surface area contributed by atoms with Gasteiger partial charge in [0.25, 0.3) is 0 Å². The topological polar surface area (TPSA) is 46.5 Å². The van der Waals surface area contributed by atoms with Gasteiger partial charge in [-0.1, -0.05) is 6.42 Å². The van der Waals surface area contributed by atoms with Gasteiger partial charge in [-0.25, -0.2) is 0 Å². The molecule has 1 N–H and O–H groups in total. The van der Waals surface area contributed by atoms with E-state index in [2.05, 4.69) is 15.9 Å². The Morgan fingerprint density at radius 2 is 1.94 bits per heavy atom. The zero-order chi connectivity index (χ0) is 12.0. The minimum absolute atomic E-state index is 0.00921. The predicted octanol–water partition coefficient (Wildman–Crippen LogP) is 3.43. The van der Waals surface area contributed by atoms with Crippen molar-refractivity contribution in [2.75, 3.05) is 0 Å². The van der Waals surface area contributed by atoms with Gasteiger partial charge in [-0.15, -0.1) is 0 Å². The predicted molar refractivity (Wildman–Crippen MR) is 66.6 cm³/mol. The zero-order valence-corrected chi connectivity index (χ0v) is 10.9. The molecule has 0 atom stereocenters. The lowest BCUT2D eigenvalue weighted by Gasteiger charge is -2.30. The Morgan fingerprint density at radius 3 is 2.65 bits per heavy atom. The Morgan fingerprint density at radius 1 is 1.24 bits per heavy atom. The molecule has 0 saturated heterocycles. The van der Waals surface area contributed by atoms with E-state index in [1.54, 1.807) is 12.1 Å². The number of hydrogen-bond donors (Lipinski definition) is 1. The third-order valence-electron chi connectivity index (χ3n) is 3.70. The highest BCUT2D eigenvalue weighted by Gasteiger charge is 2.49. The first-order valence-electron chi connectivity index (χ1n) is 5.89. The van der Waals surface area contributed by atoms with Gasteiger partial charge in [-0.2, -0.15) is 0 Å². The quantitative estimate of drug-likeness (QED) is 0.798. The Hall–Kier alpha value is -1.03. The molecule has 0 unspecified atom stereocenters. The van der Waals surface area contributed by atoms with Gasteiger partial charge in [0.15, 0.2) is 5.60 Å². The maximum Gasteiger partial charge on any atom is 0.213 e. The van der Waals surface area contributed by atoms with E-state index in [-0.39, 0.29) is 11.5 Å². The monoisotopic (exact) mass is 296 g/mol. The Balaban J connectivity index is 2.08. The minimum atomic E-state index is -0.696. The van der Waals surface area contributed by atoms with Crippen LogP contribution < -0.4 is 4.74 Å². The first-order valence-corrected chi connectivity index (χ1v) is 6.69. The van der Waals surface area contributed by atoms with Crippen molar-refractivity contribution in [2.45, 2.75) is 37.7 Å². The number of phenols is 1. The molecule has 0 radical (unpaired) electrons. The van der Waals surface area contributed by atoms with E-state index in [9.17, 15) is 9.90 Å². The number of benzene rings is 1. The number of rotatable bonds is 0. The van der Waals surface area contributed by atoms with E-state index in [1.165, 1.54) is 0 Å². The van der Waals surface area contributed by atoms with E-state index in [0.717, 1.165) is 32.1 Å². The van der Waals surface area contributed by atoms with Crippen LogP contribution in [0.1, 0.15) is 42.5 Å². The molecule has 1 saturated carbocycles. The molecular weight excluding hydrogens is 284 g/mol. The third-order valence-corrected chi connectivity index (χ3v) is 4.34. The van der Waals surface area contributed by atoms with E-state index >= 15 is 0 Å². The normalized spacial score (nSPS) is 21.4. The molecular formula is C13H13BrO3. The van der Waals surface area contributed by atoms with Gasteiger partial charge in [0.1, 0.15) is 17.1 Å². The van der Waals surface area contributed by atoms with Crippen molar-refractivity contribution in [1.29, 1.82) is 0 Å². The standard InChI is InChI=1S/C13H13BrO3/c14-8-4-5-9-10(11(8)15)12(16)13(17-9)6-2-1-3-7-13/h4-5,15H,1-3,6-7H2. The van der Waals surface area contributed by atoms with Gasteiger partial charge in [-0.05, 0) is 53.7 Å². The van der Waals surface area contributed by atoms with Crippen molar-refractivity contribution >= 4 is 21.7 Å². The molecule has 1 fully saturated rings. The summed E-state index contributed by atoms with van der Waals surface area (Å²) in [4.78, 5) is 12.4. The number of fused-ring (bicyclic) bond motifs is 1. The minimum Gasteiger partial charge on any atom is -0.506 e. The number of phenolic OH excluding ortho intramolecular Hbond substituents is 1. The van der Waals surface area contributed by atoms with Crippen molar-refractivity contribution in [2.24, 2.45) is 0 Å². The summed E-state index contributed by atoms with van der Waals surface area (Å²) >= 11 is 3.23. The molecule has 3 nitrogen and oxygen atoms in total. The van der Waals surface area contributed by atoms with Crippen molar-refractivity contribution in [3.63, 3.8) is 0 Å². The second-order valence-electron chi connectivity index (χ2n) is 4.76. The highest BCUT2D eigenvalue weighted by atomic mass is 79.9. The molecule has 17 heavy (non-hydrogen) atoms. The largest absolute Gasteiger partial charge is 0.506 e. The SMILES string of the molecule is O=C1c2c(ccc(Br)c2O)OC12CCCCC2. The van der Waals surface area contributed by atoms with Gasteiger partial charge < -0.3 is 9.84 Å². The van der Waals surface area contributed by atoms with Crippen LogP contribution in [0.5, 0.6) is 11.5 Å². The van der Waals surface area contributed by atoms with Crippen molar-refractivity contribution in [3.05, 3.63) is 22.2 Å². The van der Waals surface area contributed by atoms with Crippen LogP contribution >= 0.6 is 15.9 Å².